The number of para-hydroxylation sites is 2. The maximum absolute atomic E-state index is 12.7. The highest BCUT2D eigenvalue weighted by Crippen LogP contribution is 2.31. The number of carbonyl (C=O) groups excluding carboxylic acids is 1. The van der Waals surface area contributed by atoms with E-state index < -0.39 is 0 Å². The number of hydrogen-bond acceptors (Lipinski definition) is 5. The Hall–Kier alpha value is -3.39. The van der Waals surface area contributed by atoms with Crippen molar-refractivity contribution >= 4 is 33.4 Å². The van der Waals surface area contributed by atoms with E-state index >= 15 is 0 Å². The third-order valence-electron chi connectivity index (χ3n) is 5.28. The largest absolute Gasteiger partial charge is 0.493 e. The first-order valence-corrected chi connectivity index (χ1v) is 10.7. The number of hydrogen-bond donors (Lipinski definition) is 1. The first-order valence-electron chi connectivity index (χ1n) is 9.83. The van der Waals surface area contributed by atoms with Crippen LogP contribution in [0.25, 0.3) is 22.3 Å². The maximum Gasteiger partial charge on any atom is 0.329 e. The van der Waals surface area contributed by atoms with Crippen molar-refractivity contribution < 1.29 is 9.53 Å². The molecule has 0 radical (unpaired) electrons. The number of aromatic nitrogens is 3. The average Bonchev–Trinajstić information content (AvgIpc) is 3.46. The van der Waals surface area contributed by atoms with Gasteiger partial charge in [0.15, 0.2) is 5.13 Å². The minimum atomic E-state index is -0.278. The van der Waals surface area contributed by atoms with Gasteiger partial charge in [-0.2, -0.15) is 0 Å². The average molecular weight is 420 g/mol. The Labute approximate surface area is 176 Å². The van der Waals surface area contributed by atoms with Crippen molar-refractivity contribution in [3.05, 3.63) is 63.9 Å². The fraction of sp³-hybridized carbons (Fsp3) is 0.227. The molecule has 0 aliphatic carbocycles. The summed E-state index contributed by atoms with van der Waals surface area (Å²) in [5, 5.41) is 5.26. The lowest BCUT2D eigenvalue weighted by atomic mass is 10.1. The normalized spacial score (nSPS) is 12.7. The van der Waals surface area contributed by atoms with Gasteiger partial charge in [0.2, 0.25) is 5.91 Å². The Morgan fingerprint density at radius 1 is 1.20 bits per heavy atom. The second kappa shape index (κ2) is 7.46. The van der Waals surface area contributed by atoms with E-state index in [0.717, 1.165) is 34.5 Å². The maximum atomic E-state index is 12.7. The third kappa shape index (κ3) is 3.19. The molecule has 2 aromatic carbocycles. The summed E-state index contributed by atoms with van der Waals surface area (Å²) in [6.07, 6.45) is 0.900. The van der Waals surface area contributed by atoms with Crippen molar-refractivity contribution in [2.45, 2.75) is 26.4 Å². The van der Waals surface area contributed by atoms with Crippen molar-refractivity contribution in [1.82, 2.24) is 14.1 Å². The number of nitrogens with zero attached hydrogens (tertiary/aromatic N) is 3. The summed E-state index contributed by atoms with van der Waals surface area (Å²) >= 11 is 1.37. The number of imidazole rings is 1. The van der Waals surface area contributed by atoms with Gasteiger partial charge < -0.3 is 10.1 Å². The summed E-state index contributed by atoms with van der Waals surface area (Å²) in [4.78, 5) is 29.9. The Morgan fingerprint density at radius 3 is 2.80 bits per heavy atom. The number of aryl methyl sites for hydroxylation is 1. The number of ether oxygens (including phenoxy) is 1. The van der Waals surface area contributed by atoms with Crippen LogP contribution in [0.4, 0.5) is 5.13 Å². The molecule has 0 fully saturated rings. The summed E-state index contributed by atoms with van der Waals surface area (Å²) in [6.45, 7) is 3.12. The molecule has 3 heterocycles. The number of amides is 1. The molecule has 0 unspecified atom stereocenters. The highest BCUT2D eigenvalue weighted by atomic mass is 32.1. The van der Waals surface area contributed by atoms with Gasteiger partial charge in [-0.15, -0.1) is 11.3 Å². The number of rotatable bonds is 5. The van der Waals surface area contributed by atoms with Crippen molar-refractivity contribution in [3.63, 3.8) is 0 Å². The van der Waals surface area contributed by atoms with Crippen molar-refractivity contribution in [1.29, 1.82) is 0 Å². The molecular weight excluding hydrogens is 400 g/mol. The van der Waals surface area contributed by atoms with E-state index in [0.29, 0.717) is 18.3 Å². The predicted molar refractivity (Wildman–Crippen MR) is 117 cm³/mol. The zero-order chi connectivity index (χ0) is 20.7. The fourth-order valence-corrected chi connectivity index (χ4v) is 4.58. The van der Waals surface area contributed by atoms with Gasteiger partial charge >= 0.3 is 5.69 Å². The molecule has 7 nitrogen and oxygen atoms in total. The van der Waals surface area contributed by atoms with Crippen LogP contribution in [0, 0.1) is 0 Å². The van der Waals surface area contributed by atoms with Gasteiger partial charge in [-0.1, -0.05) is 12.1 Å². The number of anilines is 1. The molecule has 0 saturated heterocycles. The summed E-state index contributed by atoms with van der Waals surface area (Å²) in [6, 6.07) is 13.5. The zero-order valence-electron chi connectivity index (χ0n) is 16.4. The Morgan fingerprint density at radius 2 is 2.00 bits per heavy atom. The molecule has 4 aromatic rings. The van der Waals surface area contributed by atoms with Crippen LogP contribution < -0.4 is 15.7 Å². The first kappa shape index (κ1) is 18.6. The van der Waals surface area contributed by atoms with Crippen molar-refractivity contribution in [2.75, 3.05) is 11.9 Å². The Balaban J connectivity index is 1.36. The molecule has 5 rings (SSSR count). The molecule has 0 atom stereocenters. The van der Waals surface area contributed by atoms with Gasteiger partial charge in [-0.05, 0) is 42.8 Å². The van der Waals surface area contributed by atoms with Crippen LogP contribution >= 0.6 is 11.3 Å². The van der Waals surface area contributed by atoms with Gasteiger partial charge in [0.1, 0.15) is 12.3 Å². The molecule has 8 heteroatoms. The molecule has 0 spiro atoms. The lowest BCUT2D eigenvalue weighted by molar-refractivity contribution is -0.116. The van der Waals surface area contributed by atoms with Gasteiger partial charge in [0.05, 0.1) is 23.3 Å². The topological polar surface area (TPSA) is 78.2 Å². The van der Waals surface area contributed by atoms with E-state index in [4.69, 9.17) is 4.74 Å². The van der Waals surface area contributed by atoms with Gasteiger partial charge in [0.25, 0.3) is 0 Å². The Bertz CT molecular complexity index is 1320. The highest BCUT2D eigenvalue weighted by Gasteiger charge is 2.17. The molecule has 30 heavy (non-hydrogen) atoms. The molecule has 1 aliphatic rings. The third-order valence-corrected chi connectivity index (χ3v) is 6.04. The van der Waals surface area contributed by atoms with Crippen LogP contribution in [0.3, 0.4) is 0 Å². The number of fused-ring (bicyclic) bond motifs is 2. The highest BCUT2D eigenvalue weighted by molar-refractivity contribution is 7.14. The number of nitrogens with one attached hydrogen (secondary N) is 1. The minimum absolute atomic E-state index is 0.0581. The Kier molecular flexibility index (Phi) is 4.63. The molecular formula is C22H20N4O3S. The number of benzene rings is 2. The van der Waals surface area contributed by atoms with Crippen LogP contribution in [0.15, 0.2) is 52.6 Å². The van der Waals surface area contributed by atoms with E-state index in [9.17, 15) is 9.59 Å². The molecule has 2 aromatic heterocycles. The minimum Gasteiger partial charge on any atom is -0.493 e. The molecule has 0 saturated carbocycles. The SMILES string of the molecule is CCn1c(=O)n(CC(=O)Nc2nc(-c3ccc4c(c3)CCO4)cs2)c2ccccc21. The monoisotopic (exact) mass is 420 g/mol. The van der Waals surface area contributed by atoms with E-state index in [1.54, 1.807) is 4.57 Å². The number of thiazole rings is 1. The summed E-state index contributed by atoms with van der Waals surface area (Å²) in [5.41, 5.74) is 4.38. The van der Waals surface area contributed by atoms with E-state index in [1.165, 1.54) is 21.5 Å². The van der Waals surface area contributed by atoms with Crippen LogP contribution in [0.1, 0.15) is 12.5 Å². The molecule has 0 bridgehead atoms. The van der Waals surface area contributed by atoms with Crippen molar-refractivity contribution in [3.8, 4) is 17.0 Å². The van der Waals surface area contributed by atoms with E-state index in [1.807, 2.05) is 48.7 Å². The second-order valence-electron chi connectivity index (χ2n) is 7.11. The molecule has 1 aliphatic heterocycles. The van der Waals surface area contributed by atoms with Crippen LogP contribution in [0.2, 0.25) is 0 Å². The van der Waals surface area contributed by atoms with Crippen LogP contribution in [0.5, 0.6) is 5.75 Å². The predicted octanol–water partition coefficient (Wildman–Crippen LogP) is 3.52. The second-order valence-corrected chi connectivity index (χ2v) is 7.97. The van der Waals surface area contributed by atoms with Crippen LogP contribution in [-0.2, 0) is 24.3 Å². The molecule has 152 valence electrons. The lowest BCUT2D eigenvalue weighted by Gasteiger charge is -2.04. The molecule has 1 amide bonds. The van der Waals surface area contributed by atoms with Gasteiger partial charge in [-0.25, -0.2) is 9.78 Å². The fourth-order valence-electron chi connectivity index (χ4n) is 3.84. The van der Waals surface area contributed by atoms with Gasteiger partial charge in [-0.3, -0.25) is 13.9 Å². The molecule has 1 N–H and O–H groups in total. The van der Waals surface area contributed by atoms with Crippen LogP contribution in [-0.4, -0.2) is 26.6 Å². The first-order chi connectivity index (χ1) is 14.6. The lowest BCUT2D eigenvalue weighted by Crippen LogP contribution is -2.29. The van der Waals surface area contributed by atoms with Crippen molar-refractivity contribution in [2.24, 2.45) is 0 Å². The summed E-state index contributed by atoms with van der Waals surface area (Å²) in [5.74, 6) is 0.651. The standard InChI is InChI=1S/C22H20N4O3S/c1-2-25-17-5-3-4-6-18(17)26(22(25)28)12-20(27)24-21-23-16(13-30-21)14-7-8-19-15(11-14)9-10-29-19/h3-8,11,13H,2,9-10,12H2,1H3,(H,23,24,27). The smallest absolute Gasteiger partial charge is 0.329 e. The zero-order valence-corrected chi connectivity index (χ0v) is 17.2. The van der Waals surface area contributed by atoms with E-state index in [2.05, 4.69) is 16.4 Å². The number of carbonyl (C=O) groups is 1. The quantitative estimate of drug-likeness (QED) is 0.536. The summed E-state index contributed by atoms with van der Waals surface area (Å²) < 4.78 is 8.72. The van der Waals surface area contributed by atoms with Gasteiger partial charge in [0, 0.05) is 23.9 Å². The summed E-state index contributed by atoms with van der Waals surface area (Å²) in [7, 11) is 0. The van der Waals surface area contributed by atoms with E-state index in [-0.39, 0.29) is 18.1 Å².